The number of benzene rings is 2. The van der Waals surface area contributed by atoms with E-state index in [9.17, 15) is 14.0 Å². The van der Waals surface area contributed by atoms with Crippen molar-refractivity contribution in [3.8, 4) is 21.7 Å². The van der Waals surface area contributed by atoms with Gasteiger partial charge in [0.05, 0.1) is 4.88 Å². The van der Waals surface area contributed by atoms with Crippen LogP contribution in [-0.2, 0) is 0 Å². The van der Waals surface area contributed by atoms with Crippen molar-refractivity contribution in [2.75, 3.05) is 7.05 Å². The van der Waals surface area contributed by atoms with Crippen LogP contribution in [0.1, 0.15) is 46.2 Å². The Labute approximate surface area is 194 Å². The first kappa shape index (κ1) is 21.3. The first-order valence-electron chi connectivity index (χ1n) is 10.7. The molecule has 0 saturated heterocycles. The van der Waals surface area contributed by atoms with E-state index in [2.05, 4.69) is 10.6 Å². The molecule has 0 radical (unpaired) electrons. The van der Waals surface area contributed by atoms with Crippen molar-refractivity contribution >= 4 is 28.1 Å². The van der Waals surface area contributed by atoms with Gasteiger partial charge >= 0.3 is 0 Å². The second kappa shape index (κ2) is 7.81. The normalized spacial score (nSPS) is 14.3. The molecule has 5 rings (SSSR count). The quantitative estimate of drug-likeness (QED) is 0.447. The predicted octanol–water partition coefficient (Wildman–Crippen LogP) is 4.82. The number of imidazole rings is 1. The average Bonchev–Trinajstić information content (AvgIpc) is 3.22. The third-order valence-corrected chi connectivity index (χ3v) is 7.08. The van der Waals surface area contributed by atoms with Crippen LogP contribution in [0, 0.1) is 12.7 Å². The largest absolute Gasteiger partial charge is 0.354 e. The summed E-state index contributed by atoms with van der Waals surface area (Å²) in [5.74, 6) is -0.713. The lowest BCUT2D eigenvalue weighted by Crippen LogP contribution is -2.34. The maximum Gasteiger partial charge on any atom is 0.270 e. The van der Waals surface area contributed by atoms with Crippen LogP contribution in [0.4, 0.5) is 4.39 Å². The molecule has 2 heterocycles. The second-order valence-electron chi connectivity index (χ2n) is 8.69. The highest BCUT2D eigenvalue weighted by Gasteiger charge is 2.38. The van der Waals surface area contributed by atoms with E-state index >= 15 is 0 Å². The summed E-state index contributed by atoms with van der Waals surface area (Å²) in [6.45, 7) is 4.04. The minimum Gasteiger partial charge on any atom is -0.354 e. The molecule has 2 aromatic carbocycles. The first-order chi connectivity index (χ1) is 15.8. The molecule has 0 unspecified atom stereocenters. The lowest BCUT2D eigenvalue weighted by molar-refractivity contribution is 0.0932. The van der Waals surface area contributed by atoms with Gasteiger partial charge in [0.25, 0.3) is 11.8 Å². The van der Waals surface area contributed by atoms with E-state index in [-0.39, 0.29) is 23.2 Å². The van der Waals surface area contributed by atoms with Crippen LogP contribution >= 0.6 is 11.3 Å². The summed E-state index contributed by atoms with van der Waals surface area (Å²) in [5.41, 5.74) is 4.00. The number of aryl methyl sites for hydroxylation is 1. The van der Waals surface area contributed by atoms with Crippen LogP contribution in [-0.4, -0.2) is 33.8 Å². The molecule has 8 heteroatoms. The molecular weight excluding hydrogens is 439 g/mol. The van der Waals surface area contributed by atoms with Crippen LogP contribution in [0.5, 0.6) is 0 Å². The van der Waals surface area contributed by atoms with E-state index in [4.69, 9.17) is 4.98 Å². The standard InChI is InChI=1S/C25H23FN4O2S/c1-14-4-5-16(22(31)29-25(2)10-11-25)12-18(14)19-13-30-21(23(32)27-3)20(28-24(30)33-19)15-6-8-17(26)9-7-15/h4-9,12-13H,10-11H2,1-3H3,(H,27,32)(H,29,31). The van der Waals surface area contributed by atoms with E-state index < -0.39 is 0 Å². The van der Waals surface area contributed by atoms with Gasteiger partial charge in [-0.25, -0.2) is 9.37 Å². The van der Waals surface area contributed by atoms with Crippen molar-refractivity contribution in [2.24, 2.45) is 0 Å². The monoisotopic (exact) mass is 462 g/mol. The molecule has 4 aromatic rings. The number of nitrogens with one attached hydrogen (secondary N) is 2. The first-order valence-corrected chi connectivity index (χ1v) is 11.5. The van der Waals surface area contributed by atoms with Crippen molar-refractivity contribution in [3.63, 3.8) is 0 Å². The number of amides is 2. The van der Waals surface area contributed by atoms with Crippen LogP contribution in [0.15, 0.2) is 48.7 Å². The van der Waals surface area contributed by atoms with E-state index in [1.54, 1.807) is 23.6 Å². The van der Waals surface area contributed by atoms with Gasteiger partial charge in [-0.15, -0.1) is 0 Å². The molecule has 2 N–H and O–H groups in total. The van der Waals surface area contributed by atoms with Crippen molar-refractivity contribution in [3.05, 3.63) is 71.3 Å². The van der Waals surface area contributed by atoms with E-state index in [0.717, 1.165) is 28.8 Å². The fourth-order valence-electron chi connectivity index (χ4n) is 3.80. The molecule has 0 bridgehead atoms. The highest BCUT2D eigenvalue weighted by atomic mass is 32.1. The zero-order valence-corrected chi connectivity index (χ0v) is 19.3. The molecule has 2 amide bonds. The van der Waals surface area contributed by atoms with Gasteiger partial charge in [0.2, 0.25) is 0 Å². The predicted molar refractivity (Wildman–Crippen MR) is 127 cm³/mol. The van der Waals surface area contributed by atoms with Gasteiger partial charge in [-0.05, 0) is 74.2 Å². The average molecular weight is 463 g/mol. The fraction of sp³-hybridized carbons (Fsp3) is 0.240. The molecule has 6 nitrogen and oxygen atoms in total. The lowest BCUT2D eigenvalue weighted by atomic mass is 10.0. The zero-order chi connectivity index (χ0) is 23.3. The zero-order valence-electron chi connectivity index (χ0n) is 18.5. The van der Waals surface area contributed by atoms with Crippen LogP contribution < -0.4 is 10.6 Å². The van der Waals surface area contributed by atoms with Gasteiger partial charge in [-0.2, -0.15) is 0 Å². The second-order valence-corrected chi connectivity index (χ2v) is 9.70. The van der Waals surface area contributed by atoms with Gasteiger partial charge < -0.3 is 10.6 Å². The van der Waals surface area contributed by atoms with E-state index in [1.165, 1.54) is 23.5 Å². The maximum absolute atomic E-state index is 13.4. The number of aromatic nitrogens is 2. The summed E-state index contributed by atoms with van der Waals surface area (Å²) in [6, 6.07) is 11.6. The molecule has 33 heavy (non-hydrogen) atoms. The minimum atomic E-state index is -0.348. The van der Waals surface area contributed by atoms with Gasteiger partial charge in [0.15, 0.2) is 4.96 Å². The number of carbonyl (C=O) groups excluding carboxylic acids is 2. The molecule has 0 spiro atoms. The van der Waals surface area contributed by atoms with Crippen molar-refractivity contribution in [1.29, 1.82) is 0 Å². The number of halogens is 1. The fourth-order valence-corrected chi connectivity index (χ4v) is 4.87. The molecule has 168 valence electrons. The molecule has 1 aliphatic carbocycles. The maximum atomic E-state index is 13.4. The summed E-state index contributed by atoms with van der Waals surface area (Å²) in [4.78, 5) is 31.7. The number of thiazole rings is 1. The molecule has 1 fully saturated rings. The summed E-state index contributed by atoms with van der Waals surface area (Å²) in [6.07, 6.45) is 3.87. The Morgan fingerprint density at radius 2 is 1.85 bits per heavy atom. The molecule has 1 aliphatic rings. The van der Waals surface area contributed by atoms with Crippen molar-refractivity contribution in [1.82, 2.24) is 20.0 Å². The van der Waals surface area contributed by atoms with Crippen LogP contribution in [0.25, 0.3) is 26.7 Å². The number of hydrogen-bond donors (Lipinski definition) is 2. The van der Waals surface area contributed by atoms with Crippen LogP contribution in [0.3, 0.4) is 0 Å². The molecule has 0 atom stereocenters. The Hall–Kier alpha value is -3.52. The highest BCUT2D eigenvalue weighted by Crippen LogP contribution is 2.37. The SMILES string of the molecule is CNC(=O)c1c(-c2ccc(F)cc2)nc2sc(-c3cc(C(=O)NC4(C)CC4)ccc3C)cn12. The summed E-state index contributed by atoms with van der Waals surface area (Å²) in [7, 11) is 1.57. The van der Waals surface area contributed by atoms with Gasteiger partial charge in [0, 0.05) is 29.9 Å². The number of hydrogen-bond acceptors (Lipinski definition) is 4. The van der Waals surface area contributed by atoms with Gasteiger partial charge in [-0.3, -0.25) is 14.0 Å². The Kier molecular flexibility index (Phi) is 5.05. The Balaban J connectivity index is 1.58. The van der Waals surface area contributed by atoms with E-state index in [0.29, 0.717) is 27.5 Å². The summed E-state index contributed by atoms with van der Waals surface area (Å²) >= 11 is 1.44. The molecule has 2 aromatic heterocycles. The highest BCUT2D eigenvalue weighted by molar-refractivity contribution is 7.20. The Morgan fingerprint density at radius 1 is 1.12 bits per heavy atom. The van der Waals surface area contributed by atoms with E-state index in [1.807, 2.05) is 38.2 Å². The lowest BCUT2D eigenvalue weighted by Gasteiger charge is -2.13. The van der Waals surface area contributed by atoms with Crippen molar-refractivity contribution in [2.45, 2.75) is 32.2 Å². The Morgan fingerprint density at radius 3 is 2.52 bits per heavy atom. The third kappa shape index (κ3) is 3.91. The summed E-state index contributed by atoms with van der Waals surface area (Å²) < 4.78 is 15.2. The molecule has 1 saturated carbocycles. The molecule has 0 aliphatic heterocycles. The van der Waals surface area contributed by atoms with Gasteiger partial charge in [0.1, 0.15) is 17.2 Å². The summed E-state index contributed by atoms with van der Waals surface area (Å²) in [5, 5.41) is 5.77. The number of rotatable bonds is 5. The number of fused-ring (bicyclic) bond motifs is 1. The third-order valence-electron chi connectivity index (χ3n) is 6.07. The molecular formula is C25H23FN4O2S. The van der Waals surface area contributed by atoms with Crippen molar-refractivity contribution < 1.29 is 14.0 Å². The Bertz CT molecular complexity index is 1400. The smallest absolute Gasteiger partial charge is 0.270 e. The number of nitrogens with zero attached hydrogens (tertiary/aromatic N) is 2. The minimum absolute atomic E-state index is 0.0813. The number of carbonyl (C=O) groups is 2. The topological polar surface area (TPSA) is 75.5 Å². The van der Waals surface area contributed by atoms with Gasteiger partial charge in [-0.1, -0.05) is 17.4 Å². The van der Waals surface area contributed by atoms with Crippen LogP contribution in [0.2, 0.25) is 0 Å².